The highest BCUT2D eigenvalue weighted by Crippen LogP contribution is 2.30. The molecule has 2 heteroatoms. The third-order valence-corrected chi connectivity index (χ3v) is 4.47. The van der Waals surface area contributed by atoms with Crippen LogP contribution in [0, 0.1) is 6.92 Å². The van der Waals surface area contributed by atoms with Crippen molar-refractivity contribution in [3.63, 3.8) is 0 Å². The van der Waals surface area contributed by atoms with E-state index in [1.54, 1.807) is 0 Å². The van der Waals surface area contributed by atoms with Crippen molar-refractivity contribution in [1.29, 1.82) is 0 Å². The number of hydrogen-bond donors (Lipinski definition) is 1. The molecule has 0 amide bonds. The maximum absolute atomic E-state index is 4.64. The molecule has 1 atom stereocenters. The number of nitrogens with one attached hydrogen (secondary N) is 1. The Morgan fingerprint density at radius 1 is 1.32 bits per heavy atom. The Bertz CT molecular complexity index is 583. The Morgan fingerprint density at radius 2 is 2.16 bits per heavy atom. The molecule has 0 aliphatic carbocycles. The van der Waals surface area contributed by atoms with Crippen LogP contribution in [0.5, 0.6) is 0 Å². The van der Waals surface area contributed by atoms with Crippen LogP contribution in [0.2, 0.25) is 0 Å². The van der Waals surface area contributed by atoms with Crippen molar-refractivity contribution in [2.24, 2.45) is 0 Å². The van der Waals surface area contributed by atoms with E-state index in [2.05, 4.69) is 54.5 Å². The Kier molecular flexibility index (Phi) is 3.28. The van der Waals surface area contributed by atoms with Crippen molar-refractivity contribution in [2.75, 3.05) is 6.54 Å². The Morgan fingerprint density at radius 3 is 2.89 bits per heavy atom. The highest BCUT2D eigenvalue weighted by Gasteiger charge is 2.32. The van der Waals surface area contributed by atoms with Gasteiger partial charge in [-0.2, -0.15) is 0 Å². The fourth-order valence-electron chi connectivity index (χ4n) is 3.35. The van der Waals surface area contributed by atoms with E-state index in [4.69, 9.17) is 0 Å². The second kappa shape index (κ2) is 4.93. The summed E-state index contributed by atoms with van der Waals surface area (Å²) in [5, 5.41) is 5.05. The van der Waals surface area contributed by atoms with Crippen LogP contribution in [0.1, 0.15) is 37.4 Å². The molecule has 19 heavy (non-hydrogen) atoms. The first-order valence-corrected chi connectivity index (χ1v) is 7.33. The molecule has 100 valence electrons. The van der Waals surface area contributed by atoms with Gasteiger partial charge >= 0.3 is 0 Å². The third-order valence-electron chi connectivity index (χ3n) is 4.47. The summed E-state index contributed by atoms with van der Waals surface area (Å²) in [6, 6.07) is 10.8. The summed E-state index contributed by atoms with van der Waals surface area (Å²) in [7, 11) is 0. The number of para-hydroxylation sites is 1. The lowest BCUT2D eigenvalue weighted by atomic mass is 9.85. The summed E-state index contributed by atoms with van der Waals surface area (Å²) in [6.45, 7) is 5.56. The summed E-state index contributed by atoms with van der Waals surface area (Å²) in [5.74, 6) is 0. The van der Waals surface area contributed by atoms with Crippen LogP contribution in [-0.2, 0) is 6.42 Å². The molecule has 0 bridgehead atoms. The van der Waals surface area contributed by atoms with E-state index in [1.165, 1.54) is 30.2 Å². The summed E-state index contributed by atoms with van der Waals surface area (Å²) in [4.78, 5) is 4.64. The first kappa shape index (κ1) is 12.6. The van der Waals surface area contributed by atoms with Gasteiger partial charge in [-0.25, -0.2) is 0 Å². The predicted molar refractivity (Wildman–Crippen MR) is 80.4 cm³/mol. The van der Waals surface area contributed by atoms with Crippen LogP contribution in [-0.4, -0.2) is 17.1 Å². The zero-order chi connectivity index (χ0) is 13.3. The topological polar surface area (TPSA) is 24.9 Å². The summed E-state index contributed by atoms with van der Waals surface area (Å²) < 4.78 is 0. The lowest BCUT2D eigenvalue weighted by molar-refractivity contribution is 0.361. The van der Waals surface area contributed by atoms with Crippen molar-refractivity contribution in [1.82, 2.24) is 10.3 Å². The number of fused-ring (bicyclic) bond motifs is 1. The second-order valence-electron chi connectivity index (χ2n) is 5.78. The van der Waals surface area contributed by atoms with Gasteiger partial charge < -0.3 is 5.32 Å². The van der Waals surface area contributed by atoms with Gasteiger partial charge in [-0.05, 0) is 56.8 Å². The van der Waals surface area contributed by atoms with Crippen LogP contribution in [0.3, 0.4) is 0 Å². The fourth-order valence-corrected chi connectivity index (χ4v) is 3.35. The van der Waals surface area contributed by atoms with Crippen LogP contribution < -0.4 is 5.32 Å². The Labute approximate surface area is 115 Å². The van der Waals surface area contributed by atoms with Gasteiger partial charge in [-0.15, -0.1) is 0 Å². The van der Waals surface area contributed by atoms with Gasteiger partial charge in [0.15, 0.2) is 0 Å². The lowest BCUT2D eigenvalue weighted by Crippen LogP contribution is -2.41. The summed E-state index contributed by atoms with van der Waals surface area (Å²) in [6.07, 6.45) is 4.91. The van der Waals surface area contributed by atoms with E-state index in [0.717, 1.165) is 24.2 Å². The standard InChI is InChI=1S/C17H22N2/c1-3-17(9-6-10-18-17)12-14-11-13(2)19-16-8-5-4-7-15(14)16/h4-5,7-8,11,18H,3,6,9-10,12H2,1-2H3. The summed E-state index contributed by atoms with van der Waals surface area (Å²) in [5.41, 5.74) is 4.00. The number of benzene rings is 1. The van der Waals surface area contributed by atoms with E-state index in [1.807, 2.05) is 0 Å². The van der Waals surface area contributed by atoms with E-state index in [-0.39, 0.29) is 0 Å². The number of nitrogens with zero attached hydrogens (tertiary/aromatic N) is 1. The zero-order valence-corrected chi connectivity index (χ0v) is 11.9. The lowest BCUT2D eigenvalue weighted by Gasteiger charge is -2.29. The molecular formula is C17H22N2. The molecule has 2 heterocycles. The molecule has 1 unspecified atom stereocenters. The van der Waals surface area contributed by atoms with Gasteiger partial charge in [0, 0.05) is 16.6 Å². The molecule has 1 aromatic carbocycles. The molecule has 1 fully saturated rings. The molecule has 1 aromatic heterocycles. The fraction of sp³-hybridized carbons (Fsp3) is 0.471. The second-order valence-corrected chi connectivity index (χ2v) is 5.78. The highest BCUT2D eigenvalue weighted by atomic mass is 15.0. The van der Waals surface area contributed by atoms with Crippen molar-refractivity contribution in [3.05, 3.63) is 41.6 Å². The number of aromatic nitrogens is 1. The monoisotopic (exact) mass is 254 g/mol. The zero-order valence-electron chi connectivity index (χ0n) is 11.9. The normalized spacial score (nSPS) is 23.1. The van der Waals surface area contributed by atoms with Gasteiger partial charge in [0.1, 0.15) is 0 Å². The average molecular weight is 254 g/mol. The van der Waals surface area contributed by atoms with Gasteiger partial charge in [0.2, 0.25) is 0 Å². The van der Waals surface area contributed by atoms with Crippen molar-refractivity contribution >= 4 is 10.9 Å². The Hall–Kier alpha value is -1.41. The maximum atomic E-state index is 4.64. The molecule has 1 aliphatic heterocycles. The number of pyridine rings is 1. The van der Waals surface area contributed by atoms with E-state index >= 15 is 0 Å². The molecule has 0 radical (unpaired) electrons. The summed E-state index contributed by atoms with van der Waals surface area (Å²) >= 11 is 0. The molecule has 1 N–H and O–H groups in total. The predicted octanol–water partition coefficient (Wildman–Crippen LogP) is 3.62. The maximum Gasteiger partial charge on any atom is 0.0707 e. The van der Waals surface area contributed by atoms with Gasteiger partial charge in [0.05, 0.1) is 5.52 Å². The average Bonchev–Trinajstić information content (AvgIpc) is 2.88. The van der Waals surface area contributed by atoms with Crippen LogP contribution in [0.4, 0.5) is 0 Å². The number of rotatable bonds is 3. The molecule has 3 rings (SSSR count). The van der Waals surface area contributed by atoms with Gasteiger partial charge in [0.25, 0.3) is 0 Å². The smallest absolute Gasteiger partial charge is 0.0707 e. The van der Waals surface area contributed by atoms with Crippen molar-refractivity contribution < 1.29 is 0 Å². The van der Waals surface area contributed by atoms with Crippen LogP contribution in [0.25, 0.3) is 10.9 Å². The third kappa shape index (κ3) is 2.37. The molecule has 2 aromatic rings. The highest BCUT2D eigenvalue weighted by molar-refractivity contribution is 5.82. The Balaban J connectivity index is 2.04. The minimum atomic E-state index is 0.302. The van der Waals surface area contributed by atoms with Crippen LogP contribution in [0.15, 0.2) is 30.3 Å². The minimum Gasteiger partial charge on any atom is -0.311 e. The molecule has 1 aliphatic rings. The largest absolute Gasteiger partial charge is 0.311 e. The van der Waals surface area contributed by atoms with E-state index in [9.17, 15) is 0 Å². The SMILES string of the molecule is CCC1(Cc2cc(C)nc3ccccc23)CCCN1. The van der Waals surface area contributed by atoms with Crippen molar-refractivity contribution in [3.8, 4) is 0 Å². The first-order valence-electron chi connectivity index (χ1n) is 7.33. The molecule has 1 saturated heterocycles. The van der Waals surface area contributed by atoms with E-state index < -0.39 is 0 Å². The first-order chi connectivity index (χ1) is 9.22. The molecular weight excluding hydrogens is 232 g/mol. The van der Waals surface area contributed by atoms with Crippen LogP contribution >= 0.6 is 0 Å². The number of hydrogen-bond acceptors (Lipinski definition) is 2. The van der Waals surface area contributed by atoms with E-state index in [0.29, 0.717) is 5.54 Å². The minimum absolute atomic E-state index is 0.302. The number of aryl methyl sites for hydroxylation is 1. The van der Waals surface area contributed by atoms with Crippen molar-refractivity contribution in [2.45, 2.75) is 45.1 Å². The van der Waals surface area contributed by atoms with Gasteiger partial charge in [-0.1, -0.05) is 25.1 Å². The molecule has 0 saturated carbocycles. The van der Waals surface area contributed by atoms with Gasteiger partial charge in [-0.3, -0.25) is 4.98 Å². The molecule has 0 spiro atoms. The quantitative estimate of drug-likeness (QED) is 0.905. The molecule has 2 nitrogen and oxygen atoms in total.